The highest BCUT2D eigenvalue weighted by Crippen LogP contribution is 2.28. The van der Waals surface area contributed by atoms with E-state index in [1.54, 1.807) is 12.1 Å². The number of carbonyl (C=O) groups excluding carboxylic acids is 2. The lowest BCUT2D eigenvalue weighted by Gasteiger charge is -2.32. The summed E-state index contributed by atoms with van der Waals surface area (Å²) in [6, 6.07) is 27.4. The topological polar surface area (TPSA) is 92.6 Å². The SMILES string of the molecule is Cc1ccc(CN(C(=O)Cn2nnc3ccccc32)[C@@H](C(=O)Nc2ccc(N3CCOCC3)cc2)c2cccc(F)c2)cc1. The molecule has 2 amide bonds. The molecular formula is C34H33FN6O3. The molecule has 1 saturated heterocycles. The fourth-order valence-electron chi connectivity index (χ4n) is 5.40. The molecule has 0 spiro atoms. The Morgan fingerprint density at radius 2 is 1.70 bits per heavy atom. The van der Waals surface area contributed by atoms with Crippen molar-refractivity contribution in [3.8, 4) is 0 Å². The van der Waals surface area contributed by atoms with E-state index in [2.05, 4.69) is 20.5 Å². The Morgan fingerprint density at radius 3 is 2.45 bits per heavy atom. The van der Waals surface area contributed by atoms with Crippen LogP contribution in [0.15, 0.2) is 97.1 Å². The van der Waals surface area contributed by atoms with E-state index < -0.39 is 17.8 Å². The summed E-state index contributed by atoms with van der Waals surface area (Å²) in [6.07, 6.45) is 0. The highest BCUT2D eigenvalue weighted by Gasteiger charge is 2.32. The number of aryl methyl sites for hydroxylation is 1. The van der Waals surface area contributed by atoms with Crippen LogP contribution in [-0.2, 0) is 27.4 Å². The molecule has 0 radical (unpaired) electrons. The summed E-state index contributed by atoms with van der Waals surface area (Å²) >= 11 is 0. The van der Waals surface area contributed by atoms with Crippen LogP contribution in [0.1, 0.15) is 22.7 Å². The van der Waals surface area contributed by atoms with Gasteiger partial charge in [-0.3, -0.25) is 9.59 Å². The van der Waals surface area contributed by atoms with Crippen molar-refractivity contribution in [2.24, 2.45) is 0 Å². The van der Waals surface area contributed by atoms with Gasteiger partial charge in [0.05, 0.1) is 18.7 Å². The molecule has 1 N–H and O–H groups in total. The van der Waals surface area contributed by atoms with E-state index in [4.69, 9.17) is 4.74 Å². The first-order valence-corrected chi connectivity index (χ1v) is 14.6. The number of nitrogens with zero attached hydrogens (tertiary/aromatic N) is 5. The van der Waals surface area contributed by atoms with Crippen LogP contribution in [0, 0.1) is 12.7 Å². The van der Waals surface area contributed by atoms with E-state index in [0.29, 0.717) is 35.5 Å². The predicted molar refractivity (Wildman–Crippen MR) is 167 cm³/mol. The van der Waals surface area contributed by atoms with Gasteiger partial charge < -0.3 is 19.9 Å². The van der Waals surface area contributed by atoms with Gasteiger partial charge in [-0.1, -0.05) is 59.3 Å². The lowest BCUT2D eigenvalue weighted by molar-refractivity contribution is -0.140. The first-order valence-electron chi connectivity index (χ1n) is 14.6. The van der Waals surface area contributed by atoms with Gasteiger partial charge in [0, 0.05) is 31.0 Å². The maximum Gasteiger partial charge on any atom is 0.251 e. The van der Waals surface area contributed by atoms with Gasteiger partial charge in [-0.2, -0.15) is 0 Å². The first kappa shape index (κ1) is 29.0. The molecule has 2 heterocycles. The van der Waals surface area contributed by atoms with Crippen LogP contribution in [0.2, 0.25) is 0 Å². The third-order valence-corrected chi connectivity index (χ3v) is 7.73. The standard InChI is InChI=1S/C34H33FN6O3/c1-24-9-11-25(12-10-24)22-40(32(42)23-41-31-8-3-2-7-30(31)37-38-41)33(26-5-4-6-27(35)21-26)34(43)36-28-13-15-29(16-14-28)39-17-19-44-20-18-39/h2-16,21,33H,17-20,22-23H2,1H3,(H,36,43)/t33-/m1/s1. The predicted octanol–water partition coefficient (Wildman–Crippen LogP) is 5.12. The zero-order valence-corrected chi connectivity index (χ0v) is 24.4. The van der Waals surface area contributed by atoms with Crippen LogP contribution in [0.3, 0.4) is 0 Å². The number of anilines is 2. The second-order valence-electron chi connectivity index (χ2n) is 10.8. The van der Waals surface area contributed by atoms with Crippen LogP contribution in [0.5, 0.6) is 0 Å². The minimum atomic E-state index is -1.13. The number of ether oxygens (including phenoxy) is 1. The number of rotatable bonds is 9. The minimum Gasteiger partial charge on any atom is -0.378 e. The fourth-order valence-corrected chi connectivity index (χ4v) is 5.40. The molecule has 0 unspecified atom stereocenters. The van der Waals surface area contributed by atoms with Crippen molar-refractivity contribution in [2.75, 3.05) is 36.5 Å². The highest BCUT2D eigenvalue weighted by atomic mass is 19.1. The van der Waals surface area contributed by atoms with Gasteiger partial charge in [0.25, 0.3) is 5.91 Å². The number of para-hydroxylation sites is 1. The van der Waals surface area contributed by atoms with Crippen LogP contribution in [-0.4, -0.2) is 58.0 Å². The van der Waals surface area contributed by atoms with Gasteiger partial charge in [0.1, 0.15) is 23.9 Å². The normalized spacial score (nSPS) is 13.9. The molecule has 1 aliphatic rings. The average Bonchev–Trinajstić information content (AvgIpc) is 3.45. The van der Waals surface area contributed by atoms with E-state index in [9.17, 15) is 14.0 Å². The van der Waals surface area contributed by atoms with E-state index in [1.165, 1.54) is 21.7 Å². The molecule has 44 heavy (non-hydrogen) atoms. The summed E-state index contributed by atoms with van der Waals surface area (Å²) in [4.78, 5) is 32.0. The molecule has 9 nitrogen and oxygen atoms in total. The number of hydrogen-bond acceptors (Lipinski definition) is 6. The number of aromatic nitrogens is 3. The quantitative estimate of drug-likeness (QED) is 0.255. The largest absolute Gasteiger partial charge is 0.378 e. The molecule has 0 aliphatic carbocycles. The van der Waals surface area contributed by atoms with Crippen LogP contribution < -0.4 is 10.2 Å². The molecule has 5 aromatic rings. The Morgan fingerprint density at radius 1 is 0.955 bits per heavy atom. The van der Waals surface area contributed by atoms with Crippen molar-refractivity contribution in [1.82, 2.24) is 19.9 Å². The monoisotopic (exact) mass is 592 g/mol. The molecule has 0 bridgehead atoms. The summed E-state index contributed by atoms with van der Waals surface area (Å²) in [5.74, 6) is -1.33. The fraction of sp³-hybridized carbons (Fsp3) is 0.235. The second kappa shape index (κ2) is 13.0. The minimum absolute atomic E-state index is 0.121. The average molecular weight is 593 g/mol. The molecule has 224 valence electrons. The molecular weight excluding hydrogens is 559 g/mol. The van der Waals surface area contributed by atoms with E-state index in [0.717, 1.165) is 29.9 Å². The van der Waals surface area contributed by atoms with Crippen LogP contribution in [0.4, 0.5) is 15.8 Å². The Hall–Kier alpha value is -5.09. The lowest BCUT2D eigenvalue weighted by atomic mass is 10.0. The zero-order chi connectivity index (χ0) is 30.5. The summed E-state index contributed by atoms with van der Waals surface area (Å²) in [7, 11) is 0. The number of nitrogens with one attached hydrogen (secondary N) is 1. The van der Waals surface area contributed by atoms with Crippen molar-refractivity contribution in [1.29, 1.82) is 0 Å². The van der Waals surface area contributed by atoms with Gasteiger partial charge in [-0.15, -0.1) is 5.10 Å². The number of hydrogen-bond donors (Lipinski definition) is 1. The summed E-state index contributed by atoms with van der Waals surface area (Å²) in [5, 5.41) is 11.3. The molecule has 1 aromatic heterocycles. The maximum atomic E-state index is 14.6. The third-order valence-electron chi connectivity index (χ3n) is 7.73. The maximum absolute atomic E-state index is 14.6. The molecule has 10 heteroatoms. The lowest BCUT2D eigenvalue weighted by Crippen LogP contribution is -2.42. The number of halogens is 1. The zero-order valence-electron chi connectivity index (χ0n) is 24.4. The molecule has 6 rings (SSSR count). The molecule has 4 aromatic carbocycles. The Kier molecular flexibility index (Phi) is 8.60. The number of amides is 2. The third kappa shape index (κ3) is 6.60. The Labute approximate surface area is 254 Å². The molecule has 1 aliphatic heterocycles. The Balaban J connectivity index is 1.33. The summed E-state index contributed by atoms with van der Waals surface area (Å²) in [5.41, 5.74) is 5.21. The van der Waals surface area contributed by atoms with Gasteiger partial charge >= 0.3 is 0 Å². The van der Waals surface area contributed by atoms with Crippen molar-refractivity contribution in [3.05, 3.63) is 120 Å². The summed E-state index contributed by atoms with van der Waals surface area (Å²) in [6.45, 7) is 4.88. The van der Waals surface area contributed by atoms with Crippen molar-refractivity contribution < 1.29 is 18.7 Å². The smallest absolute Gasteiger partial charge is 0.251 e. The summed E-state index contributed by atoms with van der Waals surface area (Å²) < 4.78 is 21.6. The highest BCUT2D eigenvalue weighted by molar-refractivity contribution is 5.98. The van der Waals surface area contributed by atoms with Crippen molar-refractivity contribution >= 4 is 34.2 Å². The van der Waals surface area contributed by atoms with Gasteiger partial charge in [-0.05, 0) is 66.6 Å². The molecule has 0 saturated carbocycles. The number of fused-ring (bicyclic) bond motifs is 1. The van der Waals surface area contributed by atoms with E-state index in [-0.39, 0.29) is 19.0 Å². The Bertz CT molecular complexity index is 1750. The first-order chi connectivity index (χ1) is 21.4. The number of carbonyl (C=O) groups is 2. The van der Waals surface area contributed by atoms with E-state index >= 15 is 0 Å². The molecule has 1 fully saturated rings. The van der Waals surface area contributed by atoms with E-state index in [1.807, 2.05) is 79.7 Å². The van der Waals surface area contributed by atoms with Crippen LogP contribution >= 0.6 is 0 Å². The van der Waals surface area contributed by atoms with Gasteiger partial charge in [0.2, 0.25) is 5.91 Å². The van der Waals surface area contributed by atoms with Gasteiger partial charge in [0.15, 0.2) is 0 Å². The van der Waals surface area contributed by atoms with Crippen molar-refractivity contribution in [3.63, 3.8) is 0 Å². The van der Waals surface area contributed by atoms with Crippen LogP contribution in [0.25, 0.3) is 11.0 Å². The number of benzene rings is 4. The number of morpholine rings is 1. The van der Waals surface area contributed by atoms with Gasteiger partial charge in [-0.25, -0.2) is 9.07 Å². The van der Waals surface area contributed by atoms with Crippen molar-refractivity contribution in [2.45, 2.75) is 26.1 Å². The molecule has 1 atom stereocenters. The second-order valence-corrected chi connectivity index (χ2v) is 10.8.